The maximum Gasteiger partial charge on any atom is 0.271 e. The molecule has 0 saturated carbocycles. The van der Waals surface area contributed by atoms with E-state index in [-0.39, 0.29) is 23.6 Å². The van der Waals surface area contributed by atoms with Gasteiger partial charge in [0.15, 0.2) is 0 Å². The zero-order valence-corrected chi connectivity index (χ0v) is 14.1. The highest BCUT2D eigenvalue weighted by Gasteiger charge is 2.31. The van der Waals surface area contributed by atoms with Crippen LogP contribution in [0.1, 0.15) is 22.5 Å². The Morgan fingerprint density at radius 3 is 2.85 bits per heavy atom. The maximum atomic E-state index is 12.4. The summed E-state index contributed by atoms with van der Waals surface area (Å²) in [7, 11) is 0. The third kappa shape index (κ3) is 3.26. The first-order chi connectivity index (χ1) is 12.7. The molecule has 0 radical (unpaired) electrons. The number of amides is 2. The number of nitrogens with zero attached hydrogens (tertiary/aromatic N) is 3. The van der Waals surface area contributed by atoms with Crippen LogP contribution >= 0.6 is 0 Å². The summed E-state index contributed by atoms with van der Waals surface area (Å²) in [5.74, 6) is -0.259. The van der Waals surface area contributed by atoms with Gasteiger partial charge in [-0.05, 0) is 16.3 Å². The van der Waals surface area contributed by atoms with E-state index in [9.17, 15) is 9.59 Å². The van der Waals surface area contributed by atoms with Gasteiger partial charge in [0.25, 0.3) is 5.91 Å². The molecule has 26 heavy (non-hydrogen) atoms. The summed E-state index contributed by atoms with van der Waals surface area (Å²) in [5.41, 5.74) is 1.37. The van der Waals surface area contributed by atoms with Crippen molar-refractivity contribution in [3.05, 3.63) is 72.3 Å². The molecule has 1 fully saturated rings. The Hall–Kier alpha value is -3.28. The van der Waals surface area contributed by atoms with Crippen molar-refractivity contribution in [3.63, 3.8) is 0 Å². The van der Waals surface area contributed by atoms with Crippen molar-refractivity contribution in [1.82, 2.24) is 20.2 Å². The first-order valence-electron chi connectivity index (χ1n) is 8.52. The summed E-state index contributed by atoms with van der Waals surface area (Å²) >= 11 is 0. The van der Waals surface area contributed by atoms with Crippen molar-refractivity contribution >= 4 is 22.6 Å². The Kier molecular flexibility index (Phi) is 4.31. The van der Waals surface area contributed by atoms with Crippen LogP contribution in [-0.4, -0.2) is 39.3 Å². The summed E-state index contributed by atoms with van der Waals surface area (Å²) in [6.45, 7) is 1.03. The summed E-state index contributed by atoms with van der Waals surface area (Å²) in [5, 5.41) is 5.18. The average molecular weight is 346 g/mol. The Morgan fingerprint density at radius 2 is 2.00 bits per heavy atom. The van der Waals surface area contributed by atoms with Gasteiger partial charge in [-0.15, -0.1) is 0 Å². The number of fused-ring (bicyclic) bond motifs is 1. The third-order valence-corrected chi connectivity index (χ3v) is 4.59. The zero-order chi connectivity index (χ0) is 17.9. The standard InChI is InChI=1S/C20H18N4O2/c25-19-10-16(23-20(26)18-11-21-8-9-22-18)13-24(19)12-15-6-3-5-14-4-1-2-7-17(14)15/h1-9,11,16H,10,12-13H2,(H,23,26). The van der Waals surface area contributed by atoms with Gasteiger partial charge in [0.2, 0.25) is 5.91 Å². The second-order valence-electron chi connectivity index (χ2n) is 6.38. The minimum atomic E-state index is -0.303. The highest BCUT2D eigenvalue weighted by atomic mass is 16.2. The number of carbonyl (C=O) groups is 2. The molecule has 1 atom stereocenters. The van der Waals surface area contributed by atoms with Crippen molar-refractivity contribution in [2.24, 2.45) is 0 Å². The topological polar surface area (TPSA) is 75.2 Å². The van der Waals surface area contributed by atoms with Crippen molar-refractivity contribution < 1.29 is 9.59 Å². The largest absolute Gasteiger partial charge is 0.346 e. The Morgan fingerprint density at radius 1 is 1.15 bits per heavy atom. The first-order valence-corrected chi connectivity index (χ1v) is 8.52. The van der Waals surface area contributed by atoms with Gasteiger partial charge in [0.05, 0.1) is 12.2 Å². The lowest BCUT2D eigenvalue weighted by atomic mass is 10.0. The Bertz CT molecular complexity index is 953. The summed E-state index contributed by atoms with van der Waals surface area (Å²) < 4.78 is 0. The predicted octanol–water partition coefficient (Wildman–Crippen LogP) is 2.16. The van der Waals surface area contributed by atoms with E-state index in [0.717, 1.165) is 16.3 Å². The van der Waals surface area contributed by atoms with E-state index >= 15 is 0 Å². The summed E-state index contributed by atoms with van der Waals surface area (Å²) in [4.78, 5) is 34.3. The van der Waals surface area contributed by atoms with Gasteiger partial charge in [-0.3, -0.25) is 14.6 Å². The number of hydrogen-bond donors (Lipinski definition) is 1. The lowest BCUT2D eigenvalue weighted by Gasteiger charge is -2.18. The maximum absolute atomic E-state index is 12.4. The van der Waals surface area contributed by atoms with E-state index in [4.69, 9.17) is 0 Å². The molecule has 4 rings (SSSR count). The SMILES string of the molecule is O=C(NC1CC(=O)N(Cc2cccc3ccccc23)C1)c1cnccn1. The van der Waals surface area contributed by atoms with Crippen LogP contribution in [0, 0.1) is 0 Å². The molecular weight excluding hydrogens is 328 g/mol. The van der Waals surface area contributed by atoms with Crippen LogP contribution in [-0.2, 0) is 11.3 Å². The lowest BCUT2D eigenvalue weighted by Crippen LogP contribution is -2.37. The molecule has 3 aromatic rings. The molecular formula is C20H18N4O2. The molecule has 0 aliphatic carbocycles. The van der Waals surface area contributed by atoms with Crippen LogP contribution < -0.4 is 5.32 Å². The van der Waals surface area contributed by atoms with Crippen LogP contribution in [0.3, 0.4) is 0 Å². The molecule has 0 spiro atoms. The molecule has 130 valence electrons. The van der Waals surface area contributed by atoms with Crippen LogP contribution in [0.25, 0.3) is 10.8 Å². The molecule has 0 bridgehead atoms. The van der Waals surface area contributed by atoms with Crippen molar-refractivity contribution in [2.75, 3.05) is 6.54 Å². The van der Waals surface area contributed by atoms with Gasteiger partial charge in [-0.1, -0.05) is 42.5 Å². The van der Waals surface area contributed by atoms with Crippen LogP contribution in [0.15, 0.2) is 61.1 Å². The van der Waals surface area contributed by atoms with Crippen molar-refractivity contribution in [1.29, 1.82) is 0 Å². The fourth-order valence-electron chi connectivity index (χ4n) is 3.33. The molecule has 2 heterocycles. The third-order valence-electron chi connectivity index (χ3n) is 4.59. The minimum absolute atomic E-state index is 0.0439. The molecule has 1 aromatic heterocycles. The van der Waals surface area contributed by atoms with Gasteiger partial charge in [0, 0.05) is 31.9 Å². The van der Waals surface area contributed by atoms with Gasteiger partial charge in [-0.25, -0.2) is 4.98 Å². The molecule has 1 aliphatic heterocycles. The number of rotatable bonds is 4. The van der Waals surface area contributed by atoms with Gasteiger partial charge in [0.1, 0.15) is 5.69 Å². The fourth-order valence-corrected chi connectivity index (χ4v) is 3.33. The molecule has 2 aromatic carbocycles. The second-order valence-corrected chi connectivity index (χ2v) is 6.38. The molecule has 1 N–H and O–H groups in total. The number of hydrogen-bond acceptors (Lipinski definition) is 4. The smallest absolute Gasteiger partial charge is 0.271 e. The van der Waals surface area contributed by atoms with E-state index in [0.29, 0.717) is 19.5 Å². The van der Waals surface area contributed by atoms with Crippen molar-refractivity contribution in [3.8, 4) is 0 Å². The van der Waals surface area contributed by atoms with Crippen molar-refractivity contribution in [2.45, 2.75) is 19.0 Å². The van der Waals surface area contributed by atoms with Crippen LogP contribution in [0.4, 0.5) is 0 Å². The van der Waals surface area contributed by atoms with Crippen LogP contribution in [0.5, 0.6) is 0 Å². The molecule has 1 saturated heterocycles. The number of benzene rings is 2. The van der Waals surface area contributed by atoms with Gasteiger partial charge < -0.3 is 10.2 Å². The summed E-state index contributed by atoms with van der Waals surface area (Å²) in [6, 6.07) is 14.0. The summed E-state index contributed by atoms with van der Waals surface area (Å²) in [6.07, 6.45) is 4.71. The predicted molar refractivity (Wildman–Crippen MR) is 97.3 cm³/mol. The number of carbonyl (C=O) groups excluding carboxylic acids is 2. The Labute approximate surface area is 150 Å². The monoisotopic (exact) mass is 346 g/mol. The second kappa shape index (κ2) is 6.92. The number of aromatic nitrogens is 2. The normalized spacial score (nSPS) is 16.8. The van der Waals surface area contributed by atoms with Gasteiger partial charge >= 0.3 is 0 Å². The average Bonchev–Trinajstić information content (AvgIpc) is 3.01. The van der Waals surface area contributed by atoms with E-state index in [1.54, 1.807) is 4.90 Å². The van der Waals surface area contributed by atoms with E-state index in [1.165, 1.54) is 18.6 Å². The highest BCUT2D eigenvalue weighted by molar-refractivity contribution is 5.93. The van der Waals surface area contributed by atoms with Crippen LogP contribution in [0.2, 0.25) is 0 Å². The number of nitrogens with one attached hydrogen (secondary N) is 1. The quantitative estimate of drug-likeness (QED) is 0.785. The minimum Gasteiger partial charge on any atom is -0.346 e. The molecule has 1 aliphatic rings. The fraction of sp³-hybridized carbons (Fsp3) is 0.200. The molecule has 2 amide bonds. The molecule has 6 heteroatoms. The van der Waals surface area contributed by atoms with E-state index < -0.39 is 0 Å². The first kappa shape index (κ1) is 16.2. The molecule has 6 nitrogen and oxygen atoms in total. The number of likely N-dealkylation sites (tertiary alicyclic amines) is 1. The zero-order valence-electron chi connectivity index (χ0n) is 14.1. The molecule has 1 unspecified atom stereocenters. The van der Waals surface area contributed by atoms with E-state index in [1.807, 2.05) is 24.3 Å². The Balaban J connectivity index is 1.46. The van der Waals surface area contributed by atoms with E-state index in [2.05, 4.69) is 33.5 Å². The lowest BCUT2D eigenvalue weighted by molar-refractivity contribution is -0.128. The highest BCUT2D eigenvalue weighted by Crippen LogP contribution is 2.22. The van der Waals surface area contributed by atoms with Gasteiger partial charge in [-0.2, -0.15) is 0 Å².